The predicted octanol–water partition coefficient (Wildman–Crippen LogP) is 4.81. The highest BCUT2D eigenvalue weighted by Gasteiger charge is 2.19. The van der Waals surface area contributed by atoms with Gasteiger partial charge < -0.3 is 10.1 Å². The van der Waals surface area contributed by atoms with Gasteiger partial charge in [-0.25, -0.2) is 8.78 Å². The van der Waals surface area contributed by atoms with Crippen molar-refractivity contribution in [1.29, 1.82) is 0 Å². The van der Waals surface area contributed by atoms with E-state index in [-0.39, 0.29) is 24.0 Å². The van der Waals surface area contributed by atoms with Gasteiger partial charge in [-0.3, -0.25) is 4.79 Å². The van der Waals surface area contributed by atoms with Crippen molar-refractivity contribution in [2.75, 3.05) is 0 Å². The molecule has 0 aromatic heterocycles. The Morgan fingerprint density at radius 1 is 1.03 bits per heavy atom. The van der Waals surface area contributed by atoms with Crippen molar-refractivity contribution >= 4 is 5.91 Å². The van der Waals surface area contributed by atoms with Gasteiger partial charge in [-0.2, -0.15) is 0 Å². The van der Waals surface area contributed by atoms with Crippen LogP contribution in [-0.4, -0.2) is 12.0 Å². The first-order valence-electron chi connectivity index (χ1n) is 9.57. The minimum atomic E-state index is -0.583. The summed E-state index contributed by atoms with van der Waals surface area (Å²) < 4.78 is 32.6. The predicted molar refractivity (Wildman–Crippen MR) is 108 cm³/mol. The van der Waals surface area contributed by atoms with E-state index in [4.69, 9.17) is 4.74 Å². The molecule has 1 amide bonds. The summed E-state index contributed by atoms with van der Waals surface area (Å²) in [6.45, 7) is 2.39. The number of halogens is 2. The Hall–Kier alpha value is -3.21. The maximum atomic E-state index is 13.6. The molecule has 0 saturated heterocycles. The number of carbonyl (C=O) groups excluding carboxylic acids is 1. The zero-order chi connectivity index (χ0) is 20.4. The number of nitrogens with one attached hydrogen (secondary N) is 1. The van der Waals surface area contributed by atoms with Crippen LogP contribution in [0.15, 0.2) is 60.7 Å². The van der Waals surface area contributed by atoms with Crippen molar-refractivity contribution in [2.24, 2.45) is 0 Å². The fourth-order valence-electron chi connectivity index (χ4n) is 3.53. The quantitative estimate of drug-likeness (QED) is 0.675. The maximum absolute atomic E-state index is 13.6. The molecule has 0 radical (unpaired) electrons. The van der Waals surface area contributed by atoms with Gasteiger partial charge in [0.25, 0.3) is 0 Å². The van der Waals surface area contributed by atoms with Gasteiger partial charge in [0.1, 0.15) is 23.5 Å². The number of ether oxygens (including phenoxy) is 1. The first-order chi connectivity index (χ1) is 14.0. The van der Waals surface area contributed by atoms with E-state index in [9.17, 15) is 13.6 Å². The van der Waals surface area contributed by atoms with Gasteiger partial charge in [-0.1, -0.05) is 30.3 Å². The molecule has 1 aliphatic heterocycles. The molecule has 4 rings (SSSR count). The van der Waals surface area contributed by atoms with Gasteiger partial charge in [0.15, 0.2) is 0 Å². The topological polar surface area (TPSA) is 38.3 Å². The average Bonchev–Trinajstić information content (AvgIpc) is 3.09. The lowest BCUT2D eigenvalue weighted by atomic mass is 10.00. The van der Waals surface area contributed by atoms with Crippen molar-refractivity contribution in [3.63, 3.8) is 0 Å². The molecule has 29 heavy (non-hydrogen) atoms. The molecule has 1 heterocycles. The van der Waals surface area contributed by atoms with Crippen LogP contribution in [0.4, 0.5) is 8.78 Å². The Morgan fingerprint density at radius 2 is 1.79 bits per heavy atom. The van der Waals surface area contributed by atoms with Crippen LogP contribution in [0.5, 0.6) is 5.75 Å². The zero-order valence-electron chi connectivity index (χ0n) is 16.0. The lowest BCUT2D eigenvalue weighted by molar-refractivity contribution is -0.120. The van der Waals surface area contributed by atoms with Crippen LogP contribution in [-0.2, 0) is 24.2 Å². The smallest absolute Gasteiger partial charge is 0.224 e. The molecule has 1 atom stereocenters. The molecule has 0 fully saturated rings. The molecule has 1 aliphatic rings. The number of rotatable bonds is 5. The Morgan fingerprint density at radius 3 is 2.59 bits per heavy atom. The summed E-state index contributed by atoms with van der Waals surface area (Å²) in [6, 6.07) is 17.2. The van der Waals surface area contributed by atoms with Crippen LogP contribution in [0.1, 0.15) is 23.6 Å². The third-order valence-corrected chi connectivity index (χ3v) is 5.03. The summed E-state index contributed by atoms with van der Waals surface area (Å²) in [5, 5.41) is 2.75. The first-order valence-corrected chi connectivity index (χ1v) is 9.57. The molecule has 3 aromatic rings. The van der Waals surface area contributed by atoms with E-state index >= 15 is 0 Å². The van der Waals surface area contributed by atoms with E-state index in [1.165, 1.54) is 5.56 Å². The second-order valence-electron chi connectivity index (χ2n) is 7.34. The monoisotopic (exact) mass is 393 g/mol. The fraction of sp³-hybridized carbons (Fsp3) is 0.208. The van der Waals surface area contributed by atoms with E-state index in [0.717, 1.165) is 47.1 Å². The zero-order valence-corrected chi connectivity index (χ0v) is 16.0. The van der Waals surface area contributed by atoms with Crippen LogP contribution in [0.2, 0.25) is 0 Å². The molecule has 0 bridgehead atoms. The number of amides is 1. The molecule has 1 N–H and O–H groups in total. The Balaban J connectivity index is 1.37. The third-order valence-electron chi connectivity index (χ3n) is 5.03. The second-order valence-corrected chi connectivity index (χ2v) is 7.34. The van der Waals surface area contributed by atoms with Crippen LogP contribution >= 0.6 is 0 Å². The van der Waals surface area contributed by atoms with Gasteiger partial charge in [-0.05, 0) is 59.5 Å². The summed E-state index contributed by atoms with van der Waals surface area (Å²) in [5.41, 5.74) is 4.41. The second kappa shape index (κ2) is 8.03. The van der Waals surface area contributed by atoms with Crippen molar-refractivity contribution in [1.82, 2.24) is 5.32 Å². The first kappa shape index (κ1) is 19.1. The summed E-state index contributed by atoms with van der Waals surface area (Å²) in [5.74, 6) is -0.543. The minimum Gasteiger partial charge on any atom is -0.490 e. The molecule has 0 spiro atoms. The van der Waals surface area contributed by atoms with Gasteiger partial charge in [0.05, 0.1) is 6.42 Å². The van der Waals surface area contributed by atoms with E-state index < -0.39 is 11.6 Å². The molecule has 5 heteroatoms. The molecule has 0 aliphatic carbocycles. The number of benzene rings is 3. The lowest BCUT2D eigenvalue weighted by Gasteiger charge is -2.08. The number of hydrogen-bond donors (Lipinski definition) is 1. The lowest BCUT2D eigenvalue weighted by Crippen LogP contribution is -2.25. The number of carbonyl (C=O) groups is 1. The highest BCUT2D eigenvalue weighted by atomic mass is 19.1. The third kappa shape index (κ3) is 4.45. The Bertz CT molecular complexity index is 1050. The van der Waals surface area contributed by atoms with Crippen LogP contribution in [0.3, 0.4) is 0 Å². The number of fused-ring (bicyclic) bond motifs is 1. The average molecular weight is 393 g/mol. The van der Waals surface area contributed by atoms with Gasteiger partial charge in [0.2, 0.25) is 5.91 Å². The normalized spacial score (nSPS) is 14.9. The molecule has 3 aromatic carbocycles. The van der Waals surface area contributed by atoms with Crippen LogP contribution in [0.25, 0.3) is 11.1 Å². The SMILES string of the molecule is CC1Cc2cc(-c3ccc(CNC(=O)Cc4cc(F)ccc4F)cc3)ccc2O1. The van der Waals surface area contributed by atoms with Gasteiger partial charge in [0, 0.05) is 18.5 Å². The maximum Gasteiger partial charge on any atom is 0.224 e. The van der Waals surface area contributed by atoms with E-state index in [2.05, 4.69) is 18.3 Å². The van der Waals surface area contributed by atoms with Crippen molar-refractivity contribution in [3.8, 4) is 16.9 Å². The highest BCUT2D eigenvalue weighted by molar-refractivity contribution is 5.78. The molecule has 148 valence electrons. The summed E-state index contributed by atoms with van der Waals surface area (Å²) >= 11 is 0. The highest BCUT2D eigenvalue weighted by Crippen LogP contribution is 2.32. The Kier molecular flexibility index (Phi) is 5.30. The van der Waals surface area contributed by atoms with Gasteiger partial charge >= 0.3 is 0 Å². The Labute approximate surface area is 168 Å². The largest absolute Gasteiger partial charge is 0.490 e. The molecule has 0 saturated carbocycles. The van der Waals surface area contributed by atoms with E-state index in [0.29, 0.717) is 6.54 Å². The standard InChI is InChI=1S/C24H21F2NO2/c1-15-10-20-11-18(6-9-23(20)29-15)17-4-2-16(3-5-17)14-27-24(28)13-19-12-21(25)7-8-22(19)26/h2-9,11-12,15H,10,13-14H2,1H3,(H,27,28). The number of hydrogen-bond acceptors (Lipinski definition) is 2. The summed E-state index contributed by atoms with van der Waals surface area (Å²) in [4.78, 5) is 12.1. The van der Waals surface area contributed by atoms with E-state index in [1.54, 1.807) is 0 Å². The summed E-state index contributed by atoms with van der Waals surface area (Å²) in [6.07, 6.45) is 0.934. The summed E-state index contributed by atoms with van der Waals surface area (Å²) in [7, 11) is 0. The van der Waals surface area contributed by atoms with Gasteiger partial charge in [-0.15, -0.1) is 0 Å². The molecule has 1 unspecified atom stereocenters. The molecule has 3 nitrogen and oxygen atoms in total. The van der Waals surface area contributed by atoms with Crippen molar-refractivity contribution < 1.29 is 18.3 Å². The fourth-order valence-corrected chi connectivity index (χ4v) is 3.53. The van der Waals surface area contributed by atoms with Crippen molar-refractivity contribution in [3.05, 3.63) is 89.0 Å². The minimum absolute atomic E-state index is 0.0488. The van der Waals surface area contributed by atoms with Crippen molar-refractivity contribution in [2.45, 2.75) is 32.4 Å². The van der Waals surface area contributed by atoms with Crippen LogP contribution < -0.4 is 10.1 Å². The molecular weight excluding hydrogens is 372 g/mol. The van der Waals surface area contributed by atoms with E-state index in [1.807, 2.05) is 36.4 Å². The molecular formula is C24H21F2NO2. The van der Waals surface area contributed by atoms with Crippen LogP contribution in [0, 0.1) is 11.6 Å².